The van der Waals surface area contributed by atoms with Gasteiger partial charge in [0.25, 0.3) is 11.8 Å². The predicted molar refractivity (Wildman–Crippen MR) is 304 cm³/mol. The summed E-state index contributed by atoms with van der Waals surface area (Å²) >= 11 is 6.48. The average Bonchev–Trinajstić information content (AvgIpc) is 4.22. The van der Waals surface area contributed by atoms with E-state index < -0.39 is 23.5 Å². The number of fused-ring (bicyclic) bond motifs is 1. The van der Waals surface area contributed by atoms with Crippen LogP contribution in [0, 0.1) is 11.8 Å². The molecule has 0 bridgehead atoms. The first kappa shape index (κ1) is 54.5. The summed E-state index contributed by atoms with van der Waals surface area (Å²) in [6, 6.07) is 31.6. The van der Waals surface area contributed by atoms with Gasteiger partial charge in [-0.3, -0.25) is 9.59 Å². The molecule has 0 spiro atoms. The van der Waals surface area contributed by atoms with Crippen molar-refractivity contribution in [3.05, 3.63) is 118 Å². The van der Waals surface area contributed by atoms with E-state index in [0.717, 1.165) is 102 Å². The number of benzene rings is 2. The summed E-state index contributed by atoms with van der Waals surface area (Å²) in [4.78, 5) is 67.7. The topological polar surface area (TPSA) is 112 Å². The van der Waals surface area contributed by atoms with Crippen molar-refractivity contribution in [2.24, 2.45) is 11.8 Å². The first-order chi connectivity index (χ1) is 35.4. The Hall–Kier alpha value is -5.80. The van der Waals surface area contributed by atoms with Gasteiger partial charge in [0.2, 0.25) is 0 Å². The molecule has 0 radical (unpaired) electrons. The van der Waals surface area contributed by atoms with Crippen LogP contribution in [0.2, 0.25) is 0 Å². The van der Waals surface area contributed by atoms with Crippen LogP contribution in [-0.2, 0) is 19.1 Å². The number of ether oxygens (including phenoxy) is 4. The zero-order chi connectivity index (χ0) is 52.9. The van der Waals surface area contributed by atoms with Gasteiger partial charge in [-0.15, -0.1) is 45.3 Å². The van der Waals surface area contributed by atoms with E-state index in [-0.39, 0.29) is 23.7 Å². The molecule has 8 rings (SSSR count). The Kier molecular flexibility index (Phi) is 17.2. The minimum Gasteiger partial charge on any atom is -0.428 e. The van der Waals surface area contributed by atoms with Crippen LogP contribution >= 0.6 is 45.3 Å². The van der Waals surface area contributed by atoms with Crippen molar-refractivity contribution >= 4 is 80.9 Å². The molecule has 0 aliphatic carbocycles. The van der Waals surface area contributed by atoms with Crippen molar-refractivity contribution in [3.8, 4) is 51.9 Å². The number of thiophene rings is 4. The molecule has 2 aromatic carbocycles. The lowest BCUT2D eigenvalue weighted by Gasteiger charge is -2.29. The number of carbonyl (C=O) groups is 4. The van der Waals surface area contributed by atoms with E-state index in [1.807, 2.05) is 46.2 Å². The summed E-state index contributed by atoms with van der Waals surface area (Å²) in [5.74, 6) is 1.11. The Morgan fingerprint density at radius 2 is 0.824 bits per heavy atom. The lowest BCUT2D eigenvalue weighted by atomic mass is 9.98. The Labute approximate surface area is 452 Å². The van der Waals surface area contributed by atoms with E-state index in [4.69, 9.17) is 18.9 Å². The molecule has 2 amide bonds. The molecule has 6 heterocycles. The molecule has 2 aliphatic rings. The maximum absolute atomic E-state index is 15.5. The largest absolute Gasteiger partial charge is 0.514 e. The molecule has 2 atom stereocenters. The fraction of sp³-hybridized carbons (Fsp3) is 0.400. The van der Waals surface area contributed by atoms with Crippen molar-refractivity contribution < 1.29 is 38.1 Å². The third-order valence-electron chi connectivity index (χ3n) is 12.9. The fourth-order valence-corrected chi connectivity index (χ4v) is 13.5. The number of rotatable bonds is 20. The number of carbonyl (C=O) groups excluding carboxylic acids is 4. The van der Waals surface area contributed by atoms with E-state index in [0.29, 0.717) is 47.1 Å². The molecule has 2 aliphatic heterocycles. The highest BCUT2D eigenvalue weighted by molar-refractivity contribution is 7.25. The van der Waals surface area contributed by atoms with Crippen LogP contribution in [0.5, 0.6) is 11.5 Å². The zero-order valence-corrected chi connectivity index (χ0v) is 47.5. The van der Waals surface area contributed by atoms with Gasteiger partial charge >= 0.3 is 12.3 Å². The van der Waals surface area contributed by atoms with Crippen molar-refractivity contribution in [1.82, 2.24) is 9.80 Å². The molecule has 0 fully saturated rings. The van der Waals surface area contributed by atoms with Crippen molar-refractivity contribution in [1.29, 1.82) is 0 Å². The summed E-state index contributed by atoms with van der Waals surface area (Å²) in [7, 11) is 0. The van der Waals surface area contributed by atoms with Gasteiger partial charge in [0.15, 0.2) is 0 Å². The highest BCUT2D eigenvalue weighted by Gasteiger charge is 2.50. The normalized spacial score (nSPS) is 14.8. The summed E-state index contributed by atoms with van der Waals surface area (Å²) in [6.07, 6.45) is 6.59. The molecule has 0 saturated heterocycles. The maximum atomic E-state index is 15.5. The molecule has 6 aromatic rings. The first-order valence-electron chi connectivity index (χ1n) is 25.9. The Balaban J connectivity index is 1.16. The number of hydrogen-bond donors (Lipinski definition) is 0. The fourth-order valence-electron chi connectivity index (χ4n) is 9.21. The van der Waals surface area contributed by atoms with Gasteiger partial charge < -0.3 is 28.7 Å². The molecule has 2 unspecified atom stereocenters. The Morgan fingerprint density at radius 1 is 0.486 bits per heavy atom. The van der Waals surface area contributed by atoms with E-state index in [9.17, 15) is 9.59 Å². The van der Waals surface area contributed by atoms with E-state index in [1.165, 1.54) is 0 Å². The molecule has 74 heavy (non-hydrogen) atoms. The van der Waals surface area contributed by atoms with Crippen LogP contribution in [0.15, 0.2) is 108 Å². The molecule has 390 valence electrons. The van der Waals surface area contributed by atoms with E-state index in [2.05, 4.69) is 76.2 Å². The van der Waals surface area contributed by atoms with E-state index >= 15 is 9.59 Å². The predicted octanol–water partition coefficient (Wildman–Crippen LogP) is 17.5. The minimum atomic E-state index is -0.754. The van der Waals surface area contributed by atoms with Gasteiger partial charge in [-0.1, -0.05) is 90.5 Å². The van der Waals surface area contributed by atoms with Crippen LogP contribution in [0.3, 0.4) is 0 Å². The van der Waals surface area contributed by atoms with Crippen LogP contribution in [0.1, 0.15) is 130 Å². The zero-order valence-electron chi connectivity index (χ0n) is 44.3. The average molecular weight is 1070 g/mol. The van der Waals surface area contributed by atoms with Gasteiger partial charge in [0.1, 0.15) is 22.7 Å². The summed E-state index contributed by atoms with van der Waals surface area (Å²) < 4.78 is 21.8. The lowest BCUT2D eigenvalue weighted by Crippen LogP contribution is -2.34. The van der Waals surface area contributed by atoms with Gasteiger partial charge in [-0.05, 0) is 150 Å². The molecular weight excluding hydrogens is 1000 g/mol. The summed E-state index contributed by atoms with van der Waals surface area (Å²) in [6.45, 7) is 20.6. The number of hydrogen-bond acceptors (Lipinski definition) is 12. The van der Waals surface area contributed by atoms with Crippen LogP contribution in [0.4, 0.5) is 9.59 Å². The molecule has 4 aromatic heterocycles. The second kappa shape index (κ2) is 23.4. The highest BCUT2D eigenvalue weighted by Crippen LogP contribution is 2.52. The summed E-state index contributed by atoms with van der Waals surface area (Å²) in [5.41, 5.74) is 2.90. The number of nitrogens with zero attached hydrogens (tertiary/aromatic N) is 2. The second-order valence-corrected chi connectivity index (χ2v) is 25.3. The quantitative estimate of drug-likeness (QED) is 0.0549. The first-order valence-corrected chi connectivity index (χ1v) is 29.2. The van der Waals surface area contributed by atoms with Crippen molar-refractivity contribution in [3.63, 3.8) is 0 Å². The maximum Gasteiger partial charge on any atom is 0.514 e. The Morgan fingerprint density at radius 3 is 1.16 bits per heavy atom. The second-order valence-electron chi connectivity index (χ2n) is 21.0. The third kappa shape index (κ3) is 12.8. The third-order valence-corrected chi connectivity index (χ3v) is 17.8. The highest BCUT2D eigenvalue weighted by atomic mass is 32.1. The van der Waals surface area contributed by atoms with Gasteiger partial charge in [0.05, 0.1) is 32.3 Å². The summed E-state index contributed by atoms with van der Waals surface area (Å²) in [5, 5.41) is 0. The van der Waals surface area contributed by atoms with Gasteiger partial charge in [0, 0.05) is 42.4 Å². The van der Waals surface area contributed by atoms with E-state index in [1.54, 1.807) is 99.0 Å². The Bertz CT molecular complexity index is 2860. The van der Waals surface area contributed by atoms with Crippen LogP contribution < -0.4 is 9.47 Å². The molecule has 10 nitrogen and oxygen atoms in total. The van der Waals surface area contributed by atoms with Crippen molar-refractivity contribution in [2.75, 3.05) is 13.1 Å². The minimum absolute atomic E-state index is 0.110. The van der Waals surface area contributed by atoms with Crippen LogP contribution in [0.25, 0.3) is 51.8 Å². The molecular formula is C60H68N2O8S4. The van der Waals surface area contributed by atoms with Gasteiger partial charge in [-0.25, -0.2) is 9.59 Å². The van der Waals surface area contributed by atoms with Crippen molar-refractivity contribution in [2.45, 2.75) is 132 Å². The standard InChI is InChI=1S/C60H68N2O8S4/c1-11-15-19-37(13-3)35-61-53(49-31-29-47(73-49)45-27-25-43(71-45)39-21-17-23-41(33-39)67-57(65)69-59(5,6)7)51-52(55(61)63)54(62(56(51)64)36-38(14-4)20-16-12-2)50-32-30-48(74-50)46-28-26-44(72-46)40-22-18-24-42(34-40)68-58(66)70-60(8,9)10/h17-18,21-34,37-38H,11-16,19-20,35-36H2,1-10H3. The van der Waals surface area contributed by atoms with Gasteiger partial charge in [-0.2, -0.15) is 0 Å². The molecule has 14 heteroatoms. The number of unbranched alkanes of at least 4 members (excludes halogenated alkanes) is 2. The SMILES string of the molecule is CCCCC(CC)CN1C(=O)C2=C(c3ccc(-c4ccc(-c5cccc(OC(=O)OC(C)(C)C)c5)s4)s3)N(CC(CC)CCCC)C(=O)C2=C1c1ccc(-c2ccc(-c3cccc(OC(=O)OC(C)(C)C)c3)s2)s1. The number of amides is 2. The monoisotopic (exact) mass is 1070 g/mol. The molecule has 0 N–H and O–H groups in total. The lowest BCUT2D eigenvalue weighted by molar-refractivity contribution is -0.124. The molecule has 0 saturated carbocycles. The van der Waals surface area contributed by atoms with Crippen LogP contribution in [-0.4, -0.2) is 58.2 Å². The smallest absolute Gasteiger partial charge is 0.428 e.